The van der Waals surface area contributed by atoms with Crippen LogP contribution in [0.1, 0.15) is 27.9 Å². The van der Waals surface area contributed by atoms with Crippen LogP contribution in [0.4, 0.5) is 13.2 Å². The molecule has 0 unspecified atom stereocenters. The van der Waals surface area contributed by atoms with Crippen LogP contribution in [0.2, 0.25) is 5.02 Å². The molecule has 0 fully saturated rings. The second kappa shape index (κ2) is 8.85. The summed E-state index contributed by atoms with van der Waals surface area (Å²) in [4.78, 5) is 29.2. The van der Waals surface area contributed by atoms with Gasteiger partial charge >= 0.3 is 6.18 Å². The lowest BCUT2D eigenvalue weighted by atomic mass is 10.1. The number of alkyl halides is 3. The predicted octanol–water partition coefficient (Wildman–Crippen LogP) is 3.58. The molecule has 0 bridgehead atoms. The van der Waals surface area contributed by atoms with E-state index in [4.69, 9.17) is 11.6 Å². The Kier molecular flexibility index (Phi) is 6.79. The van der Waals surface area contributed by atoms with E-state index >= 15 is 0 Å². The molecule has 0 saturated heterocycles. The molecule has 0 saturated carbocycles. The molecule has 0 aliphatic rings. The van der Waals surface area contributed by atoms with E-state index in [1.165, 1.54) is 23.4 Å². The van der Waals surface area contributed by atoms with Gasteiger partial charge in [0.2, 0.25) is 5.91 Å². The molecule has 144 valence electrons. The molecule has 5 nitrogen and oxygen atoms in total. The molecule has 1 N–H and O–H groups in total. The lowest BCUT2D eigenvalue weighted by molar-refractivity contribution is -0.153. The quantitative estimate of drug-likeness (QED) is 0.807. The molecule has 9 heteroatoms. The summed E-state index contributed by atoms with van der Waals surface area (Å²) in [5, 5.41) is 2.47. The van der Waals surface area contributed by atoms with E-state index in [2.05, 4.69) is 10.3 Å². The van der Waals surface area contributed by atoms with Crippen molar-refractivity contribution < 1.29 is 22.8 Å². The van der Waals surface area contributed by atoms with E-state index < -0.39 is 18.5 Å². The maximum absolute atomic E-state index is 12.5. The smallest absolute Gasteiger partial charge is 0.352 e. The number of carbonyl (C=O) groups excluding carboxylic acids is 2. The van der Waals surface area contributed by atoms with Gasteiger partial charge in [0.05, 0.1) is 10.6 Å². The van der Waals surface area contributed by atoms with Gasteiger partial charge in [-0.2, -0.15) is 13.2 Å². The maximum Gasteiger partial charge on any atom is 0.397 e. The lowest BCUT2D eigenvalue weighted by Gasteiger charge is -2.20. The Labute approximate surface area is 159 Å². The van der Waals surface area contributed by atoms with E-state index in [-0.39, 0.29) is 24.0 Å². The van der Waals surface area contributed by atoms with Crippen LogP contribution in [-0.4, -0.2) is 34.9 Å². The highest BCUT2D eigenvalue weighted by Gasteiger charge is 2.31. The first-order valence-electron chi connectivity index (χ1n) is 7.92. The van der Waals surface area contributed by atoms with Crippen LogP contribution < -0.4 is 5.32 Å². The minimum absolute atomic E-state index is 0.0663. The van der Waals surface area contributed by atoms with Crippen molar-refractivity contribution in [2.24, 2.45) is 0 Å². The first-order valence-corrected chi connectivity index (χ1v) is 8.30. The number of aromatic nitrogens is 1. The highest BCUT2D eigenvalue weighted by atomic mass is 35.5. The van der Waals surface area contributed by atoms with Crippen LogP contribution in [0.3, 0.4) is 0 Å². The normalized spacial score (nSPS) is 11.1. The lowest BCUT2D eigenvalue weighted by Crippen LogP contribution is -2.30. The summed E-state index contributed by atoms with van der Waals surface area (Å²) in [6.45, 7) is 0.131. The fourth-order valence-electron chi connectivity index (χ4n) is 2.40. The Morgan fingerprint density at radius 2 is 1.85 bits per heavy atom. The summed E-state index contributed by atoms with van der Waals surface area (Å²) in [6.07, 6.45) is -3.27. The van der Waals surface area contributed by atoms with Crippen LogP contribution in [0.15, 0.2) is 42.7 Å². The molecule has 1 aromatic heterocycles. The number of pyridine rings is 1. The molecule has 0 aliphatic heterocycles. The van der Waals surface area contributed by atoms with Crippen molar-refractivity contribution in [2.75, 3.05) is 7.05 Å². The average Bonchev–Trinajstić information content (AvgIpc) is 2.59. The minimum atomic E-state index is -4.56. The zero-order valence-corrected chi connectivity index (χ0v) is 15.1. The third-order valence-corrected chi connectivity index (χ3v) is 4.01. The molecule has 0 spiro atoms. The topological polar surface area (TPSA) is 62.3 Å². The number of benzene rings is 1. The van der Waals surface area contributed by atoms with Gasteiger partial charge in [-0.15, -0.1) is 0 Å². The Bertz CT molecular complexity index is 827. The summed E-state index contributed by atoms with van der Waals surface area (Å²) >= 11 is 5.99. The van der Waals surface area contributed by atoms with E-state index in [0.717, 1.165) is 0 Å². The van der Waals surface area contributed by atoms with Crippen LogP contribution in [0.25, 0.3) is 0 Å². The van der Waals surface area contributed by atoms with Gasteiger partial charge < -0.3 is 10.2 Å². The second-order valence-electron chi connectivity index (χ2n) is 5.85. The standard InChI is InChI=1S/C18H17ClF3N3O2/c1-25(17(27)14-6-7-23-10-15(14)19)11-13-5-3-2-4-12(13)9-24-16(26)8-18(20,21)22/h2-7,10H,8-9,11H2,1H3,(H,24,26). The summed E-state index contributed by atoms with van der Waals surface area (Å²) in [5.41, 5.74) is 1.62. The minimum Gasteiger partial charge on any atom is -0.352 e. The highest BCUT2D eigenvalue weighted by molar-refractivity contribution is 6.33. The Hall–Kier alpha value is -2.61. The molecule has 2 amide bonds. The molecule has 1 heterocycles. The van der Waals surface area contributed by atoms with Crippen molar-refractivity contribution in [2.45, 2.75) is 25.7 Å². The second-order valence-corrected chi connectivity index (χ2v) is 6.26. The largest absolute Gasteiger partial charge is 0.397 e. The summed E-state index contributed by atoms with van der Waals surface area (Å²) in [5.74, 6) is -1.43. The van der Waals surface area contributed by atoms with Crippen molar-refractivity contribution in [3.05, 3.63) is 64.4 Å². The van der Waals surface area contributed by atoms with Crippen LogP contribution >= 0.6 is 11.6 Å². The van der Waals surface area contributed by atoms with Crippen molar-refractivity contribution in [1.82, 2.24) is 15.2 Å². The Morgan fingerprint density at radius 3 is 2.48 bits per heavy atom. The molecule has 0 radical (unpaired) electrons. The fourth-order valence-corrected chi connectivity index (χ4v) is 2.60. The van der Waals surface area contributed by atoms with Gasteiger partial charge in [-0.3, -0.25) is 14.6 Å². The Balaban J connectivity index is 2.06. The van der Waals surface area contributed by atoms with Gasteiger partial charge in [0.1, 0.15) is 6.42 Å². The monoisotopic (exact) mass is 399 g/mol. The third kappa shape index (κ3) is 6.25. The van der Waals surface area contributed by atoms with E-state index in [0.29, 0.717) is 16.7 Å². The van der Waals surface area contributed by atoms with Crippen LogP contribution in [-0.2, 0) is 17.9 Å². The number of carbonyl (C=O) groups is 2. The molecular weight excluding hydrogens is 383 g/mol. The van der Waals surface area contributed by atoms with Crippen molar-refractivity contribution >= 4 is 23.4 Å². The third-order valence-electron chi connectivity index (χ3n) is 3.71. The predicted molar refractivity (Wildman–Crippen MR) is 94.0 cm³/mol. The zero-order valence-electron chi connectivity index (χ0n) is 14.4. The first-order chi connectivity index (χ1) is 12.7. The van der Waals surface area contributed by atoms with E-state index in [1.54, 1.807) is 31.3 Å². The van der Waals surface area contributed by atoms with Crippen molar-refractivity contribution in [3.8, 4) is 0 Å². The fraction of sp³-hybridized carbons (Fsp3) is 0.278. The highest BCUT2D eigenvalue weighted by Crippen LogP contribution is 2.20. The van der Waals surface area contributed by atoms with Gasteiger partial charge in [0, 0.05) is 32.5 Å². The Morgan fingerprint density at radius 1 is 1.19 bits per heavy atom. The molecule has 0 atom stereocenters. The number of amides is 2. The number of hydrogen-bond donors (Lipinski definition) is 1. The molecule has 0 aliphatic carbocycles. The number of nitrogens with one attached hydrogen (secondary N) is 1. The number of halogens is 4. The molecule has 2 aromatic rings. The van der Waals surface area contributed by atoms with Crippen LogP contribution in [0.5, 0.6) is 0 Å². The van der Waals surface area contributed by atoms with E-state index in [1.807, 2.05) is 0 Å². The average molecular weight is 400 g/mol. The molecule has 2 rings (SSSR count). The van der Waals surface area contributed by atoms with Gasteiger partial charge in [-0.1, -0.05) is 35.9 Å². The van der Waals surface area contributed by atoms with Gasteiger partial charge in [-0.25, -0.2) is 0 Å². The van der Waals surface area contributed by atoms with Crippen molar-refractivity contribution in [3.63, 3.8) is 0 Å². The molecule has 1 aromatic carbocycles. The number of nitrogens with zero attached hydrogens (tertiary/aromatic N) is 2. The van der Waals surface area contributed by atoms with Gasteiger partial charge in [0.25, 0.3) is 5.91 Å². The summed E-state index contributed by atoms with van der Waals surface area (Å²) < 4.78 is 36.7. The van der Waals surface area contributed by atoms with Gasteiger partial charge in [-0.05, 0) is 17.2 Å². The van der Waals surface area contributed by atoms with Crippen molar-refractivity contribution in [1.29, 1.82) is 0 Å². The first kappa shape index (κ1) is 20.7. The summed E-state index contributed by atoms with van der Waals surface area (Å²) in [7, 11) is 1.58. The number of hydrogen-bond acceptors (Lipinski definition) is 3. The van der Waals surface area contributed by atoms with Crippen LogP contribution in [0, 0.1) is 0 Å². The summed E-state index contributed by atoms with van der Waals surface area (Å²) in [6, 6.07) is 8.37. The maximum atomic E-state index is 12.5. The SMILES string of the molecule is CN(Cc1ccccc1CNC(=O)CC(F)(F)F)C(=O)c1ccncc1Cl. The van der Waals surface area contributed by atoms with E-state index in [9.17, 15) is 22.8 Å². The molecule has 27 heavy (non-hydrogen) atoms. The number of rotatable bonds is 6. The van der Waals surface area contributed by atoms with Gasteiger partial charge in [0.15, 0.2) is 0 Å². The zero-order chi connectivity index (χ0) is 20.0. The molecular formula is C18H17ClF3N3O2.